The third-order valence-corrected chi connectivity index (χ3v) is 4.12. The van der Waals surface area contributed by atoms with Crippen molar-refractivity contribution >= 4 is 32.4 Å². The number of thiazole rings is 1. The average Bonchev–Trinajstić information content (AvgIpc) is 3.16. The Balaban J connectivity index is 1.63. The first kappa shape index (κ1) is 12.9. The van der Waals surface area contributed by atoms with Crippen LogP contribution in [-0.4, -0.2) is 19.7 Å². The summed E-state index contributed by atoms with van der Waals surface area (Å²) in [4.78, 5) is 8.35. The standard InChI is InChI=1S/C15H10FN5S/c16-12-2-1-3-13-14(12)22-15(20-13)19-10-8-18-21(9-10)11-4-6-17-7-5-11/h1-9H,(H,19,20). The first-order chi connectivity index (χ1) is 10.8. The van der Waals surface area contributed by atoms with Gasteiger partial charge in [-0.3, -0.25) is 4.98 Å². The second-order valence-corrected chi connectivity index (χ2v) is 5.61. The summed E-state index contributed by atoms with van der Waals surface area (Å²) in [7, 11) is 0. The van der Waals surface area contributed by atoms with Crippen LogP contribution in [-0.2, 0) is 0 Å². The number of hydrogen-bond acceptors (Lipinski definition) is 5. The van der Waals surface area contributed by atoms with Crippen molar-refractivity contribution in [3.8, 4) is 5.69 Å². The summed E-state index contributed by atoms with van der Waals surface area (Å²) < 4.78 is 16.0. The van der Waals surface area contributed by atoms with Crippen LogP contribution >= 0.6 is 11.3 Å². The largest absolute Gasteiger partial charge is 0.329 e. The molecule has 4 rings (SSSR count). The molecule has 0 radical (unpaired) electrons. The highest BCUT2D eigenvalue weighted by atomic mass is 32.1. The zero-order valence-electron chi connectivity index (χ0n) is 11.3. The molecular formula is C15H10FN5S. The molecule has 108 valence electrons. The monoisotopic (exact) mass is 311 g/mol. The van der Waals surface area contributed by atoms with Crippen LogP contribution in [0.4, 0.5) is 15.2 Å². The van der Waals surface area contributed by atoms with Gasteiger partial charge in [0.2, 0.25) is 0 Å². The highest BCUT2D eigenvalue weighted by Gasteiger charge is 2.09. The van der Waals surface area contributed by atoms with Gasteiger partial charge in [-0.1, -0.05) is 17.4 Å². The predicted octanol–water partition coefficient (Wildman–Crippen LogP) is 3.76. The zero-order valence-corrected chi connectivity index (χ0v) is 12.1. The summed E-state index contributed by atoms with van der Waals surface area (Å²) in [6.07, 6.45) is 6.96. The first-order valence-electron chi connectivity index (χ1n) is 6.57. The van der Waals surface area contributed by atoms with E-state index in [9.17, 15) is 4.39 Å². The molecule has 4 aromatic rings. The first-order valence-corrected chi connectivity index (χ1v) is 7.38. The van der Waals surface area contributed by atoms with Gasteiger partial charge in [-0.15, -0.1) is 0 Å². The van der Waals surface area contributed by atoms with E-state index in [0.717, 1.165) is 11.4 Å². The Morgan fingerprint density at radius 2 is 2.00 bits per heavy atom. The minimum Gasteiger partial charge on any atom is -0.329 e. The molecular weight excluding hydrogens is 301 g/mol. The van der Waals surface area contributed by atoms with Gasteiger partial charge < -0.3 is 5.32 Å². The molecule has 0 aliphatic carbocycles. The van der Waals surface area contributed by atoms with Crippen molar-refractivity contribution in [3.63, 3.8) is 0 Å². The van der Waals surface area contributed by atoms with Gasteiger partial charge in [0.1, 0.15) is 5.82 Å². The third kappa shape index (κ3) is 2.31. The number of pyridine rings is 1. The predicted molar refractivity (Wildman–Crippen MR) is 84.2 cm³/mol. The average molecular weight is 311 g/mol. The minimum absolute atomic E-state index is 0.254. The summed E-state index contributed by atoms with van der Waals surface area (Å²) in [5.41, 5.74) is 2.35. The van der Waals surface area contributed by atoms with Gasteiger partial charge in [-0.05, 0) is 24.3 Å². The van der Waals surface area contributed by atoms with Crippen molar-refractivity contribution in [3.05, 3.63) is 60.9 Å². The van der Waals surface area contributed by atoms with Crippen molar-refractivity contribution in [1.82, 2.24) is 19.7 Å². The van der Waals surface area contributed by atoms with Crippen LogP contribution in [0.15, 0.2) is 55.1 Å². The number of nitrogens with zero attached hydrogens (tertiary/aromatic N) is 4. The van der Waals surface area contributed by atoms with E-state index >= 15 is 0 Å². The maximum absolute atomic E-state index is 13.7. The van der Waals surface area contributed by atoms with Crippen LogP contribution in [0.3, 0.4) is 0 Å². The lowest BCUT2D eigenvalue weighted by Crippen LogP contribution is -1.93. The minimum atomic E-state index is -0.254. The number of anilines is 2. The van der Waals surface area contributed by atoms with Crippen LogP contribution in [0, 0.1) is 5.82 Å². The second-order valence-electron chi connectivity index (χ2n) is 4.61. The van der Waals surface area contributed by atoms with Crippen molar-refractivity contribution in [2.75, 3.05) is 5.32 Å². The van der Waals surface area contributed by atoms with Gasteiger partial charge in [0.15, 0.2) is 5.13 Å². The summed E-state index contributed by atoms with van der Waals surface area (Å²) in [6.45, 7) is 0. The molecule has 0 saturated heterocycles. The highest BCUT2D eigenvalue weighted by molar-refractivity contribution is 7.22. The molecule has 0 bridgehead atoms. The fraction of sp³-hybridized carbons (Fsp3) is 0. The Kier molecular flexibility index (Phi) is 3.05. The van der Waals surface area contributed by atoms with Crippen LogP contribution in [0.2, 0.25) is 0 Å². The fourth-order valence-corrected chi connectivity index (χ4v) is 3.01. The molecule has 0 amide bonds. The Morgan fingerprint density at radius 3 is 2.82 bits per heavy atom. The number of nitrogens with one attached hydrogen (secondary N) is 1. The maximum Gasteiger partial charge on any atom is 0.188 e. The summed E-state index contributed by atoms with van der Waals surface area (Å²) >= 11 is 1.28. The topological polar surface area (TPSA) is 55.6 Å². The SMILES string of the molecule is Fc1cccc2nc(Nc3cnn(-c4ccncc4)c3)sc12. The molecule has 0 saturated carbocycles. The van der Waals surface area contributed by atoms with E-state index in [0.29, 0.717) is 15.3 Å². The van der Waals surface area contributed by atoms with E-state index in [-0.39, 0.29) is 5.82 Å². The fourth-order valence-electron chi connectivity index (χ4n) is 2.12. The number of benzene rings is 1. The van der Waals surface area contributed by atoms with E-state index in [4.69, 9.17) is 0 Å². The Bertz CT molecular complexity index is 931. The molecule has 3 heterocycles. The smallest absolute Gasteiger partial charge is 0.188 e. The molecule has 1 aromatic carbocycles. The van der Waals surface area contributed by atoms with Gasteiger partial charge in [-0.25, -0.2) is 14.1 Å². The number of fused-ring (bicyclic) bond motifs is 1. The molecule has 0 fully saturated rings. The molecule has 0 atom stereocenters. The zero-order chi connectivity index (χ0) is 14.9. The molecule has 0 unspecified atom stereocenters. The summed E-state index contributed by atoms with van der Waals surface area (Å²) in [5, 5.41) is 8.07. The Morgan fingerprint density at radius 1 is 1.14 bits per heavy atom. The molecule has 3 aromatic heterocycles. The second kappa shape index (κ2) is 5.19. The molecule has 0 aliphatic heterocycles. The summed E-state index contributed by atoms with van der Waals surface area (Å²) in [6, 6.07) is 8.61. The van der Waals surface area contributed by atoms with Crippen molar-refractivity contribution < 1.29 is 4.39 Å². The van der Waals surface area contributed by atoms with E-state index in [1.165, 1.54) is 17.4 Å². The van der Waals surface area contributed by atoms with Gasteiger partial charge in [0.25, 0.3) is 0 Å². The molecule has 7 heteroatoms. The molecule has 0 aliphatic rings. The van der Waals surface area contributed by atoms with Crippen molar-refractivity contribution in [2.45, 2.75) is 0 Å². The quantitative estimate of drug-likeness (QED) is 0.626. The van der Waals surface area contributed by atoms with Crippen LogP contribution < -0.4 is 5.32 Å². The molecule has 22 heavy (non-hydrogen) atoms. The lowest BCUT2D eigenvalue weighted by atomic mass is 10.3. The number of aromatic nitrogens is 4. The van der Waals surface area contributed by atoms with E-state index in [2.05, 4.69) is 20.4 Å². The maximum atomic E-state index is 13.7. The van der Waals surface area contributed by atoms with Gasteiger partial charge >= 0.3 is 0 Å². The van der Waals surface area contributed by atoms with Crippen LogP contribution in [0.5, 0.6) is 0 Å². The molecule has 5 nitrogen and oxygen atoms in total. The van der Waals surface area contributed by atoms with E-state index < -0.39 is 0 Å². The van der Waals surface area contributed by atoms with Gasteiger partial charge in [0, 0.05) is 12.4 Å². The number of rotatable bonds is 3. The number of halogens is 1. The van der Waals surface area contributed by atoms with Crippen LogP contribution in [0.25, 0.3) is 15.9 Å². The lowest BCUT2D eigenvalue weighted by Gasteiger charge is -1.99. The normalized spacial score (nSPS) is 11.0. The summed E-state index contributed by atoms with van der Waals surface area (Å²) in [5.74, 6) is -0.254. The number of hydrogen-bond donors (Lipinski definition) is 1. The molecule has 1 N–H and O–H groups in total. The van der Waals surface area contributed by atoms with Gasteiger partial charge in [0.05, 0.1) is 34.0 Å². The van der Waals surface area contributed by atoms with Crippen LogP contribution in [0.1, 0.15) is 0 Å². The Hall–Kier alpha value is -2.80. The van der Waals surface area contributed by atoms with Crippen molar-refractivity contribution in [2.24, 2.45) is 0 Å². The van der Waals surface area contributed by atoms with E-state index in [1.807, 2.05) is 18.3 Å². The molecule has 0 spiro atoms. The van der Waals surface area contributed by atoms with Crippen molar-refractivity contribution in [1.29, 1.82) is 0 Å². The van der Waals surface area contributed by atoms with E-state index in [1.54, 1.807) is 35.4 Å². The highest BCUT2D eigenvalue weighted by Crippen LogP contribution is 2.30. The lowest BCUT2D eigenvalue weighted by molar-refractivity contribution is 0.641. The third-order valence-electron chi connectivity index (χ3n) is 3.13. The Labute approximate surface area is 129 Å². The van der Waals surface area contributed by atoms with Gasteiger partial charge in [-0.2, -0.15) is 5.10 Å².